The third kappa shape index (κ3) is 10.2. The van der Waals surface area contributed by atoms with Gasteiger partial charge in [-0.1, -0.05) is 17.2 Å². The lowest BCUT2D eigenvalue weighted by atomic mass is 10.1. The minimum atomic E-state index is -0.821. The van der Waals surface area contributed by atoms with Gasteiger partial charge < -0.3 is 29.0 Å². The molecule has 40 heavy (non-hydrogen) atoms. The highest BCUT2D eigenvalue weighted by Crippen LogP contribution is 2.21. The van der Waals surface area contributed by atoms with Gasteiger partial charge in [-0.25, -0.2) is 4.68 Å². The first-order chi connectivity index (χ1) is 19.6. The maximum atomic E-state index is 13.2. The molecule has 0 saturated carbocycles. The van der Waals surface area contributed by atoms with Crippen molar-refractivity contribution in [3.63, 3.8) is 0 Å². The number of rotatable bonds is 20. The van der Waals surface area contributed by atoms with Crippen molar-refractivity contribution in [2.45, 2.75) is 18.9 Å². The number of aromatic nitrogens is 2. The van der Waals surface area contributed by atoms with Crippen LogP contribution in [0.25, 0.3) is 21.2 Å². The molecule has 0 bridgehead atoms. The predicted octanol–water partition coefficient (Wildman–Crippen LogP) is 1.18. The summed E-state index contributed by atoms with van der Waals surface area (Å²) >= 11 is 0. The van der Waals surface area contributed by atoms with E-state index in [-0.39, 0.29) is 18.7 Å². The number of ether oxygens (including phenoxy) is 5. The Bertz CT molecular complexity index is 1200. The lowest BCUT2D eigenvalue weighted by Crippen LogP contribution is -2.45. The van der Waals surface area contributed by atoms with Gasteiger partial charge in [-0.15, -0.1) is 0 Å². The Morgan fingerprint density at radius 3 is 2.20 bits per heavy atom. The molecule has 15 heteroatoms. The summed E-state index contributed by atoms with van der Waals surface area (Å²) in [4.78, 5) is 39.5. The molecule has 1 aromatic heterocycles. The minimum absolute atomic E-state index is 0.158. The van der Waals surface area contributed by atoms with Gasteiger partial charge in [0.2, 0.25) is 5.91 Å². The van der Waals surface area contributed by atoms with Gasteiger partial charge in [0.1, 0.15) is 6.04 Å². The topological polar surface area (TPSA) is 188 Å². The van der Waals surface area contributed by atoms with Crippen molar-refractivity contribution >= 4 is 28.3 Å². The summed E-state index contributed by atoms with van der Waals surface area (Å²) in [6, 6.07) is 4.56. The summed E-state index contributed by atoms with van der Waals surface area (Å²) in [6.07, 6.45) is 1.93. The molecule has 2 heterocycles. The Hall–Kier alpha value is -3.59. The highest BCUT2D eigenvalue weighted by Gasteiger charge is 2.30. The quantitative estimate of drug-likeness (QED) is 0.0781. The number of hydrogen-bond acceptors (Lipinski definition) is 11. The van der Waals surface area contributed by atoms with Crippen molar-refractivity contribution in [2.75, 3.05) is 84.5 Å². The van der Waals surface area contributed by atoms with Crippen LogP contribution < -0.4 is 16.2 Å². The molecule has 0 radical (unpaired) electrons. The number of carbonyl (C=O) groups excluding carboxylic acids is 2. The van der Waals surface area contributed by atoms with Crippen LogP contribution >= 0.6 is 0 Å². The van der Waals surface area contributed by atoms with E-state index in [0.717, 1.165) is 4.68 Å². The molecule has 1 aromatic carbocycles. The molecule has 2 N–H and O–H groups in total. The van der Waals surface area contributed by atoms with Gasteiger partial charge >= 0.3 is 0 Å². The van der Waals surface area contributed by atoms with Crippen LogP contribution in [0.3, 0.4) is 0 Å². The van der Waals surface area contributed by atoms with E-state index in [1.807, 2.05) is 6.07 Å². The Kier molecular flexibility index (Phi) is 13.8. The van der Waals surface area contributed by atoms with Crippen LogP contribution in [0.5, 0.6) is 0 Å². The van der Waals surface area contributed by atoms with Gasteiger partial charge in [-0.3, -0.25) is 19.7 Å². The summed E-state index contributed by atoms with van der Waals surface area (Å²) in [5.74, 6) is -0.872. The first kappa shape index (κ1) is 30.9. The summed E-state index contributed by atoms with van der Waals surface area (Å²) < 4.78 is 28.2. The van der Waals surface area contributed by atoms with Crippen LogP contribution in [-0.4, -0.2) is 101 Å². The molecular weight excluding hydrogens is 526 g/mol. The molecule has 2 aromatic rings. The lowest BCUT2D eigenvalue weighted by molar-refractivity contribution is -0.136. The van der Waals surface area contributed by atoms with Crippen molar-refractivity contribution < 1.29 is 33.3 Å². The van der Waals surface area contributed by atoms with E-state index in [0.29, 0.717) is 95.6 Å². The van der Waals surface area contributed by atoms with Gasteiger partial charge in [-0.2, -0.15) is 5.10 Å². The highest BCUT2D eigenvalue weighted by atomic mass is 16.6. The molecule has 3 rings (SSSR count). The van der Waals surface area contributed by atoms with Crippen LogP contribution in [0, 0.1) is 0 Å². The van der Waals surface area contributed by atoms with Crippen LogP contribution in [0.2, 0.25) is 0 Å². The third-order valence-electron chi connectivity index (χ3n) is 5.79. The molecule has 1 unspecified atom stereocenters. The Labute approximate surface area is 230 Å². The van der Waals surface area contributed by atoms with E-state index in [2.05, 4.69) is 25.8 Å². The lowest BCUT2D eigenvalue weighted by Gasteiger charge is -2.22. The van der Waals surface area contributed by atoms with Crippen LogP contribution in [0.1, 0.15) is 18.9 Å². The number of nitrogens with zero attached hydrogens (tertiary/aromatic N) is 5. The molecule has 1 fully saturated rings. The molecule has 0 spiro atoms. The fraction of sp³-hybridized carbons (Fsp3) is 0.600. The van der Waals surface area contributed by atoms with E-state index in [1.54, 1.807) is 18.3 Å². The van der Waals surface area contributed by atoms with Gasteiger partial charge in [0, 0.05) is 35.5 Å². The summed E-state index contributed by atoms with van der Waals surface area (Å²) in [7, 11) is 0. The second-order valence-corrected chi connectivity index (χ2v) is 8.57. The molecule has 218 valence electrons. The Balaban J connectivity index is 1.25. The molecule has 1 aliphatic heterocycles. The number of anilines is 1. The van der Waals surface area contributed by atoms with Gasteiger partial charge in [0.15, 0.2) is 0 Å². The first-order valence-electron chi connectivity index (χ1n) is 13.1. The number of piperidine rings is 1. The Morgan fingerprint density at radius 1 is 0.950 bits per heavy atom. The second kappa shape index (κ2) is 17.9. The SMILES string of the molecule is [N-]=[N+]=NCCOCCOCCOCCOCCOCCNc1cccc2cnn(C3CCC(=O)NC3=O)c(=O)c12. The van der Waals surface area contributed by atoms with Gasteiger partial charge in [0.25, 0.3) is 11.5 Å². The summed E-state index contributed by atoms with van der Waals surface area (Å²) in [5.41, 5.74) is 8.36. The predicted molar refractivity (Wildman–Crippen MR) is 144 cm³/mol. The third-order valence-corrected chi connectivity index (χ3v) is 5.79. The molecule has 2 amide bonds. The zero-order valence-electron chi connectivity index (χ0n) is 22.3. The summed E-state index contributed by atoms with van der Waals surface area (Å²) in [5, 5.41) is 14.1. The zero-order valence-corrected chi connectivity index (χ0v) is 22.3. The normalized spacial score (nSPS) is 15.2. The number of azide groups is 1. The monoisotopic (exact) mass is 561 g/mol. The largest absolute Gasteiger partial charge is 0.382 e. The van der Waals surface area contributed by atoms with Crippen molar-refractivity contribution in [1.29, 1.82) is 0 Å². The second-order valence-electron chi connectivity index (χ2n) is 8.57. The molecule has 0 aliphatic carbocycles. The minimum Gasteiger partial charge on any atom is -0.382 e. The highest BCUT2D eigenvalue weighted by molar-refractivity contribution is 5.99. The van der Waals surface area contributed by atoms with Crippen LogP contribution in [0.4, 0.5) is 5.69 Å². The fourth-order valence-electron chi connectivity index (χ4n) is 3.88. The van der Waals surface area contributed by atoms with Crippen molar-refractivity contribution in [1.82, 2.24) is 15.1 Å². The van der Waals surface area contributed by atoms with E-state index < -0.39 is 17.5 Å². The van der Waals surface area contributed by atoms with Crippen LogP contribution in [-0.2, 0) is 33.3 Å². The smallest absolute Gasteiger partial charge is 0.277 e. The average Bonchev–Trinajstić information content (AvgIpc) is 2.95. The van der Waals surface area contributed by atoms with Crippen molar-refractivity contribution in [3.05, 3.63) is 45.2 Å². The molecule has 1 atom stereocenters. The molecule has 1 aliphatic rings. The number of imide groups is 1. The maximum Gasteiger partial charge on any atom is 0.277 e. The number of benzene rings is 1. The summed E-state index contributed by atoms with van der Waals surface area (Å²) in [6.45, 7) is 5.04. The van der Waals surface area contributed by atoms with E-state index in [1.165, 1.54) is 0 Å². The fourth-order valence-corrected chi connectivity index (χ4v) is 3.88. The molecule has 1 saturated heterocycles. The van der Waals surface area contributed by atoms with E-state index in [9.17, 15) is 14.4 Å². The average molecular weight is 562 g/mol. The number of amides is 2. The number of hydrogen-bond donors (Lipinski definition) is 2. The molecular formula is C25H35N7O8. The van der Waals surface area contributed by atoms with Gasteiger partial charge in [-0.05, 0) is 18.0 Å². The van der Waals surface area contributed by atoms with Crippen molar-refractivity contribution in [2.24, 2.45) is 5.11 Å². The first-order valence-corrected chi connectivity index (χ1v) is 13.1. The van der Waals surface area contributed by atoms with Gasteiger partial charge in [0.05, 0.1) is 77.7 Å². The van der Waals surface area contributed by atoms with Crippen LogP contribution in [0.15, 0.2) is 34.3 Å². The maximum absolute atomic E-state index is 13.2. The standard InChI is InChI=1S/C25H35N7O8/c26-31-28-7-9-37-11-13-39-15-17-40-16-14-38-12-10-36-8-6-27-20-3-1-2-19-18-29-32(25(35)23(19)20)21-4-5-22(33)30-24(21)34/h1-3,18,21,27H,4-17H2,(H,30,33,34). The number of nitrogens with one attached hydrogen (secondary N) is 2. The molecule has 15 nitrogen and oxygen atoms in total. The Morgan fingerprint density at radius 2 is 1.57 bits per heavy atom. The van der Waals surface area contributed by atoms with Crippen molar-refractivity contribution in [3.8, 4) is 0 Å². The zero-order chi connectivity index (χ0) is 28.4. The number of carbonyl (C=O) groups is 2. The van der Waals surface area contributed by atoms with E-state index in [4.69, 9.17) is 29.2 Å². The number of fused-ring (bicyclic) bond motifs is 1. The van der Waals surface area contributed by atoms with E-state index >= 15 is 0 Å².